The molecule has 1 aliphatic rings. The maximum absolute atomic E-state index is 13.1. The second-order valence-electron chi connectivity index (χ2n) is 6.91. The summed E-state index contributed by atoms with van der Waals surface area (Å²) in [5, 5.41) is 1.04. The second kappa shape index (κ2) is 7.91. The highest BCUT2D eigenvalue weighted by molar-refractivity contribution is 5.99. The summed E-state index contributed by atoms with van der Waals surface area (Å²) in [6, 6.07) is 7.91. The summed E-state index contributed by atoms with van der Waals surface area (Å²) >= 11 is 0. The number of fused-ring (bicyclic) bond motifs is 1. The molecule has 5 heteroatoms. The second-order valence-corrected chi connectivity index (χ2v) is 6.91. The van der Waals surface area contributed by atoms with Crippen molar-refractivity contribution in [3.05, 3.63) is 30.0 Å². The molecule has 2 aromatic rings. The Morgan fingerprint density at radius 1 is 1.28 bits per heavy atom. The molecular weight excluding hydrogens is 316 g/mol. The van der Waals surface area contributed by atoms with Crippen LogP contribution >= 0.6 is 0 Å². The van der Waals surface area contributed by atoms with Gasteiger partial charge in [-0.25, -0.2) is 0 Å². The van der Waals surface area contributed by atoms with Crippen molar-refractivity contribution in [3.63, 3.8) is 0 Å². The molecule has 2 heterocycles. The number of amides is 1. The lowest BCUT2D eigenvalue weighted by atomic mass is 9.93. The molecule has 136 valence electrons. The van der Waals surface area contributed by atoms with E-state index in [0.717, 1.165) is 61.3 Å². The topological polar surface area (TPSA) is 43.7 Å². The lowest BCUT2D eigenvalue weighted by Crippen LogP contribution is -2.40. The van der Waals surface area contributed by atoms with Crippen LogP contribution in [0, 0.1) is 5.92 Å². The average Bonchev–Trinajstić information content (AvgIpc) is 2.97. The summed E-state index contributed by atoms with van der Waals surface area (Å²) in [6.45, 7) is 2.51. The van der Waals surface area contributed by atoms with Crippen LogP contribution in [0.4, 0.5) is 0 Å². The molecule has 1 amide bonds. The zero-order valence-electron chi connectivity index (χ0n) is 15.5. The molecule has 0 N–H and O–H groups in total. The van der Waals surface area contributed by atoms with Gasteiger partial charge in [-0.15, -0.1) is 0 Å². The number of carbonyl (C=O) groups is 1. The third-order valence-electron chi connectivity index (χ3n) is 5.24. The number of methoxy groups -OCH3 is 2. The van der Waals surface area contributed by atoms with Crippen LogP contribution in [0.15, 0.2) is 24.3 Å². The van der Waals surface area contributed by atoms with E-state index in [9.17, 15) is 4.79 Å². The number of likely N-dealkylation sites (tertiary alicyclic amines) is 1. The zero-order chi connectivity index (χ0) is 17.8. The van der Waals surface area contributed by atoms with Crippen molar-refractivity contribution in [2.75, 3.05) is 33.9 Å². The molecule has 5 nitrogen and oxygen atoms in total. The Balaban J connectivity index is 1.75. The number of aryl methyl sites for hydroxylation is 1. The van der Waals surface area contributed by atoms with Gasteiger partial charge in [0, 0.05) is 44.8 Å². The number of rotatable bonds is 6. The summed E-state index contributed by atoms with van der Waals surface area (Å²) in [5.41, 5.74) is 1.80. The number of hydrogen-bond donors (Lipinski definition) is 0. The van der Waals surface area contributed by atoms with Gasteiger partial charge in [0.1, 0.15) is 11.4 Å². The third kappa shape index (κ3) is 3.82. The largest absolute Gasteiger partial charge is 0.497 e. The fraction of sp³-hybridized carbons (Fsp3) is 0.550. The first-order valence-electron chi connectivity index (χ1n) is 9.05. The molecule has 0 aliphatic carbocycles. The van der Waals surface area contributed by atoms with Crippen molar-refractivity contribution in [2.24, 2.45) is 13.0 Å². The average molecular weight is 344 g/mol. The molecule has 0 bridgehead atoms. The van der Waals surface area contributed by atoms with E-state index in [4.69, 9.17) is 9.47 Å². The van der Waals surface area contributed by atoms with E-state index >= 15 is 0 Å². The first-order valence-corrected chi connectivity index (χ1v) is 9.05. The molecule has 1 aromatic carbocycles. The summed E-state index contributed by atoms with van der Waals surface area (Å²) < 4.78 is 12.4. The van der Waals surface area contributed by atoms with Gasteiger partial charge in [0.25, 0.3) is 5.91 Å². The normalized spacial score (nSPS) is 17.9. The van der Waals surface area contributed by atoms with Gasteiger partial charge in [0.05, 0.1) is 7.11 Å². The lowest BCUT2D eigenvalue weighted by Gasteiger charge is -2.33. The van der Waals surface area contributed by atoms with E-state index < -0.39 is 0 Å². The summed E-state index contributed by atoms with van der Waals surface area (Å²) in [4.78, 5) is 15.1. The van der Waals surface area contributed by atoms with Gasteiger partial charge in [-0.3, -0.25) is 4.79 Å². The zero-order valence-corrected chi connectivity index (χ0v) is 15.5. The lowest BCUT2D eigenvalue weighted by molar-refractivity contribution is 0.0651. The van der Waals surface area contributed by atoms with Crippen LogP contribution < -0.4 is 4.74 Å². The van der Waals surface area contributed by atoms with Gasteiger partial charge in [-0.1, -0.05) is 0 Å². The molecule has 1 fully saturated rings. The number of hydrogen-bond acceptors (Lipinski definition) is 3. The van der Waals surface area contributed by atoms with Crippen molar-refractivity contribution < 1.29 is 14.3 Å². The Labute approximate surface area is 149 Å². The molecule has 1 aromatic heterocycles. The minimum absolute atomic E-state index is 0.133. The Hall–Kier alpha value is -2.01. The number of ether oxygens (including phenoxy) is 2. The SMILES string of the molecule is COCCC[C@@H]1CCCN(C(=O)c2cc3cc(OC)ccc3n2C)C1. The fourth-order valence-electron chi connectivity index (χ4n) is 3.82. The molecule has 25 heavy (non-hydrogen) atoms. The van der Waals surface area contributed by atoms with Gasteiger partial charge in [0.15, 0.2) is 0 Å². The van der Waals surface area contributed by atoms with Crippen molar-refractivity contribution in [3.8, 4) is 5.75 Å². The van der Waals surface area contributed by atoms with E-state index in [0.29, 0.717) is 5.92 Å². The van der Waals surface area contributed by atoms with Crippen LogP contribution in [0.2, 0.25) is 0 Å². The Kier molecular flexibility index (Phi) is 5.63. The molecule has 1 saturated heterocycles. The van der Waals surface area contributed by atoms with Crippen LogP contribution in [0.1, 0.15) is 36.2 Å². The van der Waals surface area contributed by atoms with Crippen molar-refractivity contribution in [1.82, 2.24) is 9.47 Å². The monoisotopic (exact) mass is 344 g/mol. The predicted molar refractivity (Wildman–Crippen MR) is 99.2 cm³/mol. The van der Waals surface area contributed by atoms with Crippen molar-refractivity contribution in [1.29, 1.82) is 0 Å². The van der Waals surface area contributed by atoms with Crippen LogP contribution in [0.5, 0.6) is 5.75 Å². The van der Waals surface area contributed by atoms with Gasteiger partial charge in [0.2, 0.25) is 0 Å². The molecule has 0 unspecified atom stereocenters. The van der Waals surface area contributed by atoms with Gasteiger partial charge in [-0.2, -0.15) is 0 Å². The van der Waals surface area contributed by atoms with E-state index in [-0.39, 0.29) is 5.91 Å². The quantitative estimate of drug-likeness (QED) is 0.754. The minimum Gasteiger partial charge on any atom is -0.497 e. The standard InChI is InChI=1S/C20H28N2O3/c1-21-18-9-8-17(25-3)12-16(18)13-19(21)20(23)22-10-4-6-15(14-22)7-5-11-24-2/h8-9,12-13,15H,4-7,10-11,14H2,1-3H3/t15-/m0/s1. The highest BCUT2D eigenvalue weighted by atomic mass is 16.5. The number of piperidine rings is 1. The van der Waals surface area contributed by atoms with E-state index in [1.807, 2.05) is 40.8 Å². The van der Waals surface area contributed by atoms with Gasteiger partial charge < -0.3 is 18.9 Å². The van der Waals surface area contributed by atoms with Crippen molar-refractivity contribution >= 4 is 16.8 Å². The molecule has 3 rings (SSSR count). The first kappa shape index (κ1) is 17.8. The van der Waals surface area contributed by atoms with E-state index in [2.05, 4.69) is 0 Å². The summed E-state index contributed by atoms with van der Waals surface area (Å²) in [6.07, 6.45) is 4.49. The molecular formula is C20H28N2O3. The number of nitrogens with zero attached hydrogens (tertiary/aromatic N) is 2. The molecule has 1 aliphatic heterocycles. The van der Waals surface area contributed by atoms with E-state index in [1.54, 1.807) is 14.2 Å². The maximum atomic E-state index is 13.1. The van der Waals surface area contributed by atoms with Crippen LogP contribution in [-0.4, -0.2) is 49.3 Å². The summed E-state index contributed by atoms with van der Waals surface area (Å²) in [7, 11) is 5.36. The number of benzene rings is 1. The number of carbonyl (C=O) groups excluding carboxylic acids is 1. The smallest absolute Gasteiger partial charge is 0.270 e. The Morgan fingerprint density at radius 3 is 2.88 bits per heavy atom. The maximum Gasteiger partial charge on any atom is 0.270 e. The highest BCUT2D eigenvalue weighted by Crippen LogP contribution is 2.27. The molecule has 0 radical (unpaired) electrons. The fourth-order valence-corrected chi connectivity index (χ4v) is 3.82. The predicted octanol–water partition coefficient (Wildman–Crippen LogP) is 3.47. The van der Waals surface area contributed by atoms with Crippen molar-refractivity contribution in [2.45, 2.75) is 25.7 Å². The van der Waals surface area contributed by atoms with E-state index in [1.165, 1.54) is 6.42 Å². The molecule has 0 spiro atoms. The molecule has 1 atom stereocenters. The first-order chi connectivity index (χ1) is 12.1. The third-order valence-corrected chi connectivity index (χ3v) is 5.24. The van der Waals surface area contributed by atoms with Crippen LogP contribution in [0.25, 0.3) is 10.9 Å². The van der Waals surface area contributed by atoms with Gasteiger partial charge in [-0.05, 0) is 55.9 Å². The van der Waals surface area contributed by atoms with Crippen LogP contribution in [-0.2, 0) is 11.8 Å². The summed E-state index contributed by atoms with van der Waals surface area (Å²) in [5.74, 6) is 1.53. The van der Waals surface area contributed by atoms with Crippen LogP contribution in [0.3, 0.4) is 0 Å². The Morgan fingerprint density at radius 2 is 2.12 bits per heavy atom. The van der Waals surface area contributed by atoms with Gasteiger partial charge >= 0.3 is 0 Å². The highest BCUT2D eigenvalue weighted by Gasteiger charge is 2.26. The Bertz CT molecular complexity index is 738. The molecule has 0 saturated carbocycles. The minimum atomic E-state index is 0.133. The number of aromatic nitrogens is 1.